The van der Waals surface area contributed by atoms with Crippen LogP contribution < -0.4 is 5.32 Å². The number of anilines is 1. The van der Waals surface area contributed by atoms with E-state index in [-0.39, 0.29) is 5.69 Å². The van der Waals surface area contributed by atoms with Gasteiger partial charge in [-0.2, -0.15) is 8.42 Å². The topological polar surface area (TPSA) is 63.2 Å². The van der Waals surface area contributed by atoms with Gasteiger partial charge in [-0.05, 0) is 39.5 Å². The summed E-state index contributed by atoms with van der Waals surface area (Å²) in [6.45, 7) is 0. The van der Waals surface area contributed by atoms with Crippen LogP contribution in [0.25, 0.3) is 0 Å². The molecule has 0 spiro atoms. The molecule has 1 amide bonds. The quantitative estimate of drug-likeness (QED) is 0.849. The second-order valence-electron chi connectivity index (χ2n) is 3.49. The molecule has 1 aromatic carbocycles. The lowest BCUT2D eigenvalue weighted by molar-refractivity contribution is 0.102. The number of para-hydroxylation sites is 1. The molecule has 19 heavy (non-hydrogen) atoms. The lowest BCUT2D eigenvalue weighted by atomic mass is 10.3. The van der Waals surface area contributed by atoms with E-state index >= 15 is 0 Å². The Morgan fingerprint density at radius 1 is 1.26 bits per heavy atom. The van der Waals surface area contributed by atoms with Crippen LogP contribution in [0.1, 0.15) is 9.67 Å². The summed E-state index contributed by atoms with van der Waals surface area (Å²) in [6, 6.07) is 6.99. The Hall–Kier alpha value is -1.25. The molecule has 0 saturated carbocycles. The highest BCUT2D eigenvalue weighted by atomic mass is 79.9. The van der Waals surface area contributed by atoms with Crippen LogP contribution in [0.15, 0.2) is 45.1 Å². The lowest BCUT2D eigenvalue weighted by Gasteiger charge is -2.07. The number of hydrogen-bond acceptors (Lipinski definition) is 4. The Bertz CT molecular complexity index is 727. The molecular formula is C11H7BrFNO3S2. The van der Waals surface area contributed by atoms with E-state index in [1.165, 1.54) is 29.5 Å². The molecule has 1 heterocycles. The van der Waals surface area contributed by atoms with Gasteiger partial charge in [0.15, 0.2) is 0 Å². The van der Waals surface area contributed by atoms with Crippen molar-refractivity contribution in [3.05, 3.63) is 45.1 Å². The molecule has 0 bridgehead atoms. The number of hydrogen-bond donors (Lipinski definition) is 1. The first-order chi connectivity index (χ1) is 8.89. The highest BCUT2D eigenvalue weighted by Gasteiger charge is 2.19. The smallest absolute Gasteiger partial charge is 0.320 e. The third-order valence-corrected chi connectivity index (χ3v) is 4.94. The van der Waals surface area contributed by atoms with Crippen molar-refractivity contribution >= 4 is 49.1 Å². The highest BCUT2D eigenvalue weighted by molar-refractivity contribution is 9.10. The van der Waals surface area contributed by atoms with Crippen LogP contribution in [0, 0.1) is 0 Å². The molecule has 0 unspecified atom stereocenters. The van der Waals surface area contributed by atoms with Crippen molar-refractivity contribution in [1.82, 2.24) is 0 Å². The second-order valence-corrected chi connectivity index (χ2v) is 6.57. The Balaban J connectivity index is 2.35. The third-order valence-electron chi connectivity index (χ3n) is 2.22. The zero-order valence-electron chi connectivity index (χ0n) is 9.26. The van der Waals surface area contributed by atoms with Crippen LogP contribution in [0.5, 0.6) is 0 Å². The minimum absolute atomic E-state index is 0.0877. The van der Waals surface area contributed by atoms with Gasteiger partial charge in [0, 0.05) is 4.47 Å². The fourth-order valence-electron chi connectivity index (χ4n) is 1.42. The normalized spacial score (nSPS) is 11.3. The molecule has 0 radical (unpaired) electrons. The summed E-state index contributed by atoms with van der Waals surface area (Å²) < 4.78 is 35.6. The molecule has 0 aliphatic carbocycles. The number of thiophene rings is 1. The van der Waals surface area contributed by atoms with Gasteiger partial charge in [-0.15, -0.1) is 15.2 Å². The van der Waals surface area contributed by atoms with E-state index < -0.39 is 21.0 Å². The van der Waals surface area contributed by atoms with Gasteiger partial charge >= 0.3 is 10.2 Å². The van der Waals surface area contributed by atoms with Crippen LogP contribution >= 0.6 is 27.3 Å². The molecule has 0 saturated heterocycles. The Morgan fingerprint density at radius 2 is 1.95 bits per heavy atom. The maximum absolute atomic E-state index is 13.1. The largest absolute Gasteiger partial charge is 0.334 e. The predicted octanol–water partition coefficient (Wildman–Crippen LogP) is 3.42. The number of halogens is 2. The number of carbonyl (C=O) groups excluding carboxylic acids is 1. The molecule has 2 rings (SSSR count). The standard InChI is InChI=1S/C11H7BrFNO3S2/c12-7-5-6-18-10(7)11(15)14-8-3-1-2-4-9(8)19(13,16)17/h1-6H,(H,14,15). The van der Waals surface area contributed by atoms with Crippen LogP contribution in [0.4, 0.5) is 9.57 Å². The summed E-state index contributed by atoms with van der Waals surface area (Å²) in [5, 5.41) is 4.09. The molecule has 8 heteroatoms. The van der Waals surface area contributed by atoms with Crippen molar-refractivity contribution in [2.45, 2.75) is 4.90 Å². The van der Waals surface area contributed by atoms with Crippen molar-refractivity contribution in [1.29, 1.82) is 0 Å². The van der Waals surface area contributed by atoms with Crippen LogP contribution in [-0.2, 0) is 10.2 Å². The van der Waals surface area contributed by atoms with Crippen molar-refractivity contribution in [2.75, 3.05) is 5.32 Å². The van der Waals surface area contributed by atoms with Crippen molar-refractivity contribution in [3.63, 3.8) is 0 Å². The fraction of sp³-hybridized carbons (Fsp3) is 0. The fourth-order valence-corrected chi connectivity index (χ4v) is 3.49. The van der Waals surface area contributed by atoms with Crippen LogP contribution in [0.3, 0.4) is 0 Å². The molecule has 100 valence electrons. The zero-order chi connectivity index (χ0) is 14.0. The minimum Gasteiger partial charge on any atom is -0.320 e. The van der Waals surface area contributed by atoms with Gasteiger partial charge in [-0.25, -0.2) is 0 Å². The third kappa shape index (κ3) is 3.20. The van der Waals surface area contributed by atoms with Crippen molar-refractivity contribution in [3.8, 4) is 0 Å². The van der Waals surface area contributed by atoms with Crippen LogP contribution in [0.2, 0.25) is 0 Å². The molecule has 4 nitrogen and oxygen atoms in total. The Labute approximate surface area is 121 Å². The molecule has 2 aromatic rings. The highest BCUT2D eigenvalue weighted by Crippen LogP contribution is 2.26. The summed E-state index contributed by atoms with van der Waals surface area (Å²) in [6.07, 6.45) is 0. The number of benzene rings is 1. The average Bonchev–Trinajstić information content (AvgIpc) is 2.75. The first-order valence-corrected chi connectivity index (χ1v) is 8.03. The summed E-state index contributed by atoms with van der Waals surface area (Å²) in [5.74, 6) is -0.502. The van der Waals surface area contributed by atoms with E-state index in [2.05, 4.69) is 21.2 Å². The van der Waals surface area contributed by atoms with E-state index in [4.69, 9.17) is 0 Å². The molecule has 1 aromatic heterocycles. The van der Waals surface area contributed by atoms with E-state index in [0.29, 0.717) is 9.35 Å². The van der Waals surface area contributed by atoms with Gasteiger partial charge in [0.25, 0.3) is 5.91 Å². The first kappa shape index (κ1) is 14.2. The van der Waals surface area contributed by atoms with Gasteiger partial charge in [0.2, 0.25) is 0 Å². The summed E-state index contributed by atoms with van der Waals surface area (Å²) in [7, 11) is -4.88. The van der Waals surface area contributed by atoms with E-state index in [1.807, 2.05) is 0 Å². The van der Waals surface area contributed by atoms with E-state index in [1.54, 1.807) is 11.4 Å². The lowest BCUT2D eigenvalue weighted by Crippen LogP contribution is -2.13. The minimum atomic E-state index is -4.88. The SMILES string of the molecule is O=C(Nc1ccccc1S(=O)(=O)F)c1sccc1Br. The number of rotatable bonds is 3. The molecular weight excluding hydrogens is 357 g/mol. The van der Waals surface area contributed by atoms with E-state index in [9.17, 15) is 17.1 Å². The molecule has 0 aliphatic heterocycles. The van der Waals surface area contributed by atoms with Crippen molar-refractivity contribution in [2.24, 2.45) is 0 Å². The Morgan fingerprint density at radius 3 is 2.53 bits per heavy atom. The monoisotopic (exact) mass is 363 g/mol. The van der Waals surface area contributed by atoms with Crippen LogP contribution in [-0.4, -0.2) is 14.3 Å². The van der Waals surface area contributed by atoms with Gasteiger partial charge in [-0.3, -0.25) is 4.79 Å². The van der Waals surface area contributed by atoms with Gasteiger partial charge in [-0.1, -0.05) is 12.1 Å². The van der Waals surface area contributed by atoms with Crippen molar-refractivity contribution < 1.29 is 17.1 Å². The zero-order valence-corrected chi connectivity index (χ0v) is 12.5. The van der Waals surface area contributed by atoms with Gasteiger partial charge in [0.05, 0.1) is 5.69 Å². The second kappa shape index (κ2) is 5.40. The molecule has 0 aliphatic rings. The average molecular weight is 364 g/mol. The molecule has 1 N–H and O–H groups in total. The number of nitrogens with one attached hydrogen (secondary N) is 1. The number of amides is 1. The maximum atomic E-state index is 13.1. The van der Waals surface area contributed by atoms with E-state index in [0.717, 1.165) is 6.07 Å². The van der Waals surface area contributed by atoms with Gasteiger partial charge in [0.1, 0.15) is 9.77 Å². The molecule has 0 fully saturated rings. The van der Waals surface area contributed by atoms with Gasteiger partial charge < -0.3 is 5.32 Å². The summed E-state index contributed by atoms with van der Waals surface area (Å²) in [4.78, 5) is 11.7. The molecule has 0 atom stereocenters. The predicted molar refractivity (Wildman–Crippen MR) is 74.7 cm³/mol. The summed E-state index contributed by atoms with van der Waals surface area (Å²) in [5.41, 5.74) is -0.0877. The maximum Gasteiger partial charge on any atom is 0.334 e. The first-order valence-electron chi connectivity index (χ1n) is 4.97. The Kier molecular flexibility index (Phi) is 4.02. The number of carbonyl (C=O) groups is 1. The summed E-state index contributed by atoms with van der Waals surface area (Å²) >= 11 is 4.38.